The van der Waals surface area contributed by atoms with Gasteiger partial charge >= 0.3 is 6.03 Å². The highest BCUT2D eigenvalue weighted by molar-refractivity contribution is 7.13. The maximum Gasteiger partial charge on any atom is 0.317 e. The van der Waals surface area contributed by atoms with Crippen LogP contribution in [0.1, 0.15) is 33.1 Å². The van der Waals surface area contributed by atoms with E-state index < -0.39 is 0 Å². The zero-order valence-electron chi connectivity index (χ0n) is 14.8. The minimum absolute atomic E-state index is 0.110. The van der Waals surface area contributed by atoms with E-state index in [1.807, 2.05) is 16.5 Å². The summed E-state index contributed by atoms with van der Waals surface area (Å²) in [6.45, 7) is 10.1. The smallest absolute Gasteiger partial charge is 0.317 e. The van der Waals surface area contributed by atoms with Gasteiger partial charge in [0.25, 0.3) is 0 Å². The number of urea groups is 1. The third kappa shape index (κ3) is 4.39. The molecule has 2 saturated heterocycles. The fraction of sp³-hybridized carbons (Fsp3) is 0.765. The molecule has 0 aliphatic carbocycles. The van der Waals surface area contributed by atoms with E-state index in [1.54, 1.807) is 11.3 Å². The first kappa shape index (κ1) is 17.5. The zero-order valence-corrected chi connectivity index (χ0v) is 15.6. The number of nitrogens with one attached hydrogen (secondary N) is 1. The van der Waals surface area contributed by atoms with Gasteiger partial charge in [-0.05, 0) is 33.1 Å². The minimum Gasteiger partial charge on any atom is -0.346 e. The monoisotopic (exact) mass is 351 g/mol. The van der Waals surface area contributed by atoms with E-state index in [-0.39, 0.29) is 6.03 Å². The summed E-state index contributed by atoms with van der Waals surface area (Å²) in [5, 5.41) is 6.33. The van der Waals surface area contributed by atoms with Crippen LogP contribution < -0.4 is 10.2 Å². The molecule has 6 nitrogen and oxygen atoms in total. The highest BCUT2D eigenvalue weighted by atomic mass is 32.1. The molecule has 24 heavy (non-hydrogen) atoms. The molecule has 0 bridgehead atoms. The maximum absolute atomic E-state index is 12.6. The molecule has 2 amide bonds. The van der Waals surface area contributed by atoms with Gasteiger partial charge in [-0.2, -0.15) is 0 Å². The van der Waals surface area contributed by atoms with Crippen LogP contribution in [-0.4, -0.2) is 72.2 Å². The fourth-order valence-corrected chi connectivity index (χ4v) is 4.21. The summed E-state index contributed by atoms with van der Waals surface area (Å²) < 4.78 is 0. The largest absolute Gasteiger partial charge is 0.346 e. The summed E-state index contributed by atoms with van der Waals surface area (Å²) in [6.07, 6.45) is 4.96. The van der Waals surface area contributed by atoms with Crippen LogP contribution in [0.2, 0.25) is 0 Å². The first-order valence-electron chi connectivity index (χ1n) is 9.07. The van der Waals surface area contributed by atoms with Crippen molar-refractivity contribution in [3.05, 3.63) is 11.6 Å². The number of carbonyl (C=O) groups excluding carboxylic acids is 1. The van der Waals surface area contributed by atoms with Crippen LogP contribution in [-0.2, 0) is 0 Å². The molecule has 2 aliphatic heterocycles. The minimum atomic E-state index is 0.110. The van der Waals surface area contributed by atoms with Gasteiger partial charge in [0.1, 0.15) is 0 Å². The summed E-state index contributed by atoms with van der Waals surface area (Å²) in [6, 6.07) is 1.04. The van der Waals surface area contributed by atoms with E-state index in [9.17, 15) is 4.79 Å². The summed E-state index contributed by atoms with van der Waals surface area (Å²) in [5.74, 6) is 0. The molecule has 3 heterocycles. The predicted octanol–water partition coefficient (Wildman–Crippen LogP) is 2.24. The van der Waals surface area contributed by atoms with E-state index >= 15 is 0 Å². The average Bonchev–Trinajstić information content (AvgIpc) is 3.00. The van der Waals surface area contributed by atoms with E-state index in [0.29, 0.717) is 12.1 Å². The van der Waals surface area contributed by atoms with Gasteiger partial charge in [0.2, 0.25) is 0 Å². The number of likely N-dealkylation sites (tertiary alicyclic amines) is 1. The van der Waals surface area contributed by atoms with E-state index in [0.717, 1.165) is 63.7 Å². The molecule has 1 aromatic rings. The van der Waals surface area contributed by atoms with Crippen molar-refractivity contribution in [2.45, 2.75) is 45.2 Å². The molecule has 2 fully saturated rings. The van der Waals surface area contributed by atoms with Gasteiger partial charge in [-0.15, -0.1) is 11.3 Å². The van der Waals surface area contributed by atoms with Crippen LogP contribution in [0.5, 0.6) is 0 Å². The lowest BCUT2D eigenvalue weighted by atomic mass is 10.0. The first-order chi connectivity index (χ1) is 11.6. The standard InChI is InChI=1S/C17H29N5OS/c1-14(2)20-9-4-15(5-10-20)19-16(23)21-7-3-8-22(12-11-21)17-18-6-13-24-17/h6,13-15H,3-5,7-12H2,1-2H3,(H,19,23). The van der Waals surface area contributed by atoms with Crippen LogP contribution in [0.25, 0.3) is 0 Å². The van der Waals surface area contributed by atoms with Crippen LogP contribution in [0, 0.1) is 0 Å². The molecule has 7 heteroatoms. The summed E-state index contributed by atoms with van der Waals surface area (Å²) in [4.78, 5) is 23.7. The van der Waals surface area contributed by atoms with E-state index in [4.69, 9.17) is 0 Å². The van der Waals surface area contributed by atoms with Gasteiger partial charge in [0.05, 0.1) is 0 Å². The van der Waals surface area contributed by atoms with Crippen molar-refractivity contribution in [2.75, 3.05) is 44.2 Å². The molecule has 0 unspecified atom stereocenters. The Labute approximate surface area is 148 Å². The third-order valence-corrected chi connectivity index (χ3v) is 5.89. The Hall–Kier alpha value is -1.34. The van der Waals surface area contributed by atoms with Crippen molar-refractivity contribution < 1.29 is 4.79 Å². The van der Waals surface area contributed by atoms with Gasteiger partial charge in [-0.3, -0.25) is 0 Å². The first-order valence-corrected chi connectivity index (χ1v) is 9.95. The van der Waals surface area contributed by atoms with Crippen molar-refractivity contribution in [1.82, 2.24) is 20.1 Å². The van der Waals surface area contributed by atoms with Gasteiger partial charge in [0, 0.05) is 62.9 Å². The van der Waals surface area contributed by atoms with Gasteiger partial charge in [0.15, 0.2) is 5.13 Å². The van der Waals surface area contributed by atoms with Crippen molar-refractivity contribution in [3.8, 4) is 0 Å². The molecule has 0 spiro atoms. The van der Waals surface area contributed by atoms with Crippen molar-refractivity contribution in [3.63, 3.8) is 0 Å². The molecule has 2 aliphatic rings. The highest BCUT2D eigenvalue weighted by Crippen LogP contribution is 2.19. The van der Waals surface area contributed by atoms with E-state index in [2.05, 4.69) is 33.9 Å². The second-order valence-corrected chi connectivity index (χ2v) is 7.87. The van der Waals surface area contributed by atoms with Crippen LogP contribution in [0.15, 0.2) is 11.6 Å². The molecule has 3 rings (SSSR count). The molecule has 134 valence electrons. The molecule has 1 N–H and O–H groups in total. The molecule has 0 atom stereocenters. The number of carbonyl (C=O) groups is 1. The lowest BCUT2D eigenvalue weighted by molar-refractivity contribution is 0.153. The molecule has 0 aromatic carbocycles. The number of thiazole rings is 1. The van der Waals surface area contributed by atoms with Crippen molar-refractivity contribution >= 4 is 22.5 Å². The second-order valence-electron chi connectivity index (χ2n) is 7.00. The molecule has 1 aromatic heterocycles. The summed E-state index contributed by atoms with van der Waals surface area (Å²) in [7, 11) is 0. The second kappa shape index (κ2) is 8.16. The Morgan fingerprint density at radius 3 is 2.67 bits per heavy atom. The number of aromatic nitrogens is 1. The SMILES string of the molecule is CC(C)N1CCC(NC(=O)N2CCCN(c3nccs3)CC2)CC1. The number of hydrogen-bond acceptors (Lipinski definition) is 5. The highest BCUT2D eigenvalue weighted by Gasteiger charge is 2.25. The number of amides is 2. The molecule has 0 saturated carbocycles. The third-order valence-electron chi connectivity index (χ3n) is 5.06. The Kier molecular flexibility index (Phi) is 5.94. The van der Waals surface area contributed by atoms with Gasteiger partial charge in [-0.25, -0.2) is 9.78 Å². The Balaban J connectivity index is 1.46. The fourth-order valence-electron chi connectivity index (χ4n) is 3.51. The lowest BCUT2D eigenvalue weighted by Gasteiger charge is -2.35. The number of piperidine rings is 1. The van der Waals surface area contributed by atoms with Gasteiger partial charge < -0.3 is 20.0 Å². The quantitative estimate of drug-likeness (QED) is 0.907. The normalized spacial score (nSPS) is 21.1. The number of hydrogen-bond donors (Lipinski definition) is 1. The van der Waals surface area contributed by atoms with Gasteiger partial charge in [-0.1, -0.05) is 0 Å². The maximum atomic E-state index is 12.6. The molecular formula is C17H29N5OS. The lowest BCUT2D eigenvalue weighted by Crippen LogP contribution is -2.50. The number of anilines is 1. The number of rotatable bonds is 3. The predicted molar refractivity (Wildman–Crippen MR) is 98.8 cm³/mol. The summed E-state index contributed by atoms with van der Waals surface area (Å²) in [5.41, 5.74) is 0. The average molecular weight is 352 g/mol. The summed E-state index contributed by atoms with van der Waals surface area (Å²) >= 11 is 1.67. The Morgan fingerprint density at radius 2 is 2.00 bits per heavy atom. The number of nitrogens with zero attached hydrogens (tertiary/aromatic N) is 4. The molecular weight excluding hydrogens is 322 g/mol. The Morgan fingerprint density at radius 1 is 1.21 bits per heavy atom. The Bertz CT molecular complexity index is 513. The zero-order chi connectivity index (χ0) is 16.9. The van der Waals surface area contributed by atoms with Crippen LogP contribution in [0.4, 0.5) is 9.93 Å². The van der Waals surface area contributed by atoms with Crippen LogP contribution >= 0.6 is 11.3 Å². The molecule has 0 radical (unpaired) electrons. The van der Waals surface area contributed by atoms with Crippen LogP contribution in [0.3, 0.4) is 0 Å². The topological polar surface area (TPSA) is 51.7 Å². The van der Waals surface area contributed by atoms with E-state index in [1.165, 1.54) is 0 Å². The van der Waals surface area contributed by atoms with Crippen molar-refractivity contribution in [2.24, 2.45) is 0 Å². The van der Waals surface area contributed by atoms with Crippen molar-refractivity contribution in [1.29, 1.82) is 0 Å².